The molecule has 1 fully saturated rings. The number of rotatable bonds is 3. The molecule has 1 aromatic heterocycles. The Balaban J connectivity index is 2.14. The third-order valence-electron chi connectivity index (χ3n) is 4.71. The first-order chi connectivity index (χ1) is 10.0. The summed E-state index contributed by atoms with van der Waals surface area (Å²) in [6, 6.07) is 10.4. The van der Waals surface area contributed by atoms with Crippen LogP contribution >= 0.6 is 0 Å². The van der Waals surface area contributed by atoms with E-state index in [1.54, 1.807) is 0 Å². The van der Waals surface area contributed by atoms with Gasteiger partial charge in [0.2, 0.25) is 0 Å². The second kappa shape index (κ2) is 5.14. The zero-order chi connectivity index (χ0) is 15.0. The molecule has 1 N–H and O–H groups in total. The van der Waals surface area contributed by atoms with Crippen LogP contribution < -0.4 is 5.56 Å². The summed E-state index contributed by atoms with van der Waals surface area (Å²) in [5.41, 5.74) is 2.86. The average Bonchev–Trinajstić information content (AvgIpc) is 2.37. The number of H-pyrrole nitrogens is 1. The van der Waals surface area contributed by atoms with Gasteiger partial charge in [0.25, 0.3) is 5.56 Å². The summed E-state index contributed by atoms with van der Waals surface area (Å²) < 4.78 is 0. The van der Waals surface area contributed by atoms with Crippen molar-refractivity contribution in [2.75, 3.05) is 0 Å². The van der Waals surface area contributed by atoms with Crippen molar-refractivity contribution in [3.8, 4) is 0 Å². The lowest BCUT2D eigenvalue weighted by molar-refractivity contribution is 0.283. The lowest BCUT2D eigenvalue weighted by atomic mass is 9.64. The van der Waals surface area contributed by atoms with Crippen LogP contribution in [0.15, 0.2) is 35.1 Å². The number of aromatic nitrogens is 2. The van der Waals surface area contributed by atoms with Crippen LogP contribution in [0.1, 0.15) is 61.7 Å². The molecule has 0 atom stereocenters. The predicted molar refractivity (Wildman–Crippen MR) is 84.8 cm³/mol. The number of hydrogen-bond donors (Lipinski definition) is 1. The van der Waals surface area contributed by atoms with E-state index in [0.29, 0.717) is 0 Å². The largest absolute Gasteiger partial charge is 0.310 e. The Hall–Kier alpha value is -1.90. The molecule has 0 aliphatic heterocycles. The Morgan fingerprint density at radius 2 is 1.86 bits per heavy atom. The smallest absolute Gasteiger partial charge is 0.254 e. The molecular weight excluding hydrogens is 260 g/mol. The summed E-state index contributed by atoms with van der Waals surface area (Å²) in [4.78, 5) is 20.3. The highest BCUT2D eigenvalue weighted by Crippen LogP contribution is 2.47. The quantitative estimate of drug-likeness (QED) is 0.933. The third kappa shape index (κ3) is 2.21. The van der Waals surface area contributed by atoms with Crippen molar-refractivity contribution in [1.82, 2.24) is 9.97 Å². The van der Waals surface area contributed by atoms with Crippen molar-refractivity contribution in [2.45, 2.75) is 51.4 Å². The van der Waals surface area contributed by atoms with Crippen LogP contribution in [0.3, 0.4) is 0 Å². The Kier molecular flexibility index (Phi) is 3.44. The van der Waals surface area contributed by atoms with Gasteiger partial charge in [-0.3, -0.25) is 4.79 Å². The molecule has 3 heteroatoms. The summed E-state index contributed by atoms with van der Waals surface area (Å²) >= 11 is 0. The fraction of sp³-hybridized carbons (Fsp3) is 0.444. The highest BCUT2D eigenvalue weighted by Gasteiger charge is 2.42. The molecule has 3 rings (SSSR count). The first-order valence-electron chi connectivity index (χ1n) is 7.71. The maximum Gasteiger partial charge on any atom is 0.254 e. The molecule has 0 unspecified atom stereocenters. The van der Waals surface area contributed by atoms with E-state index in [9.17, 15) is 4.79 Å². The average molecular weight is 282 g/mol. The number of hydrogen-bond acceptors (Lipinski definition) is 2. The molecule has 1 aliphatic carbocycles. The Bertz CT molecular complexity index is 697. The molecule has 0 radical (unpaired) electrons. The first kappa shape index (κ1) is 14.1. The monoisotopic (exact) mass is 282 g/mol. The molecule has 0 amide bonds. The van der Waals surface area contributed by atoms with Gasteiger partial charge in [-0.2, -0.15) is 0 Å². The fourth-order valence-corrected chi connectivity index (χ4v) is 3.45. The van der Waals surface area contributed by atoms with Crippen LogP contribution in [0.5, 0.6) is 0 Å². The second-order valence-electron chi connectivity index (χ2n) is 6.37. The predicted octanol–water partition coefficient (Wildman–Crippen LogP) is 3.67. The van der Waals surface area contributed by atoms with Gasteiger partial charge in [-0.15, -0.1) is 0 Å². The summed E-state index contributed by atoms with van der Waals surface area (Å²) in [6.07, 6.45) is 3.30. The van der Waals surface area contributed by atoms with Crippen LogP contribution in [0, 0.1) is 6.92 Å². The van der Waals surface area contributed by atoms with Gasteiger partial charge in [0.05, 0.1) is 5.41 Å². The van der Waals surface area contributed by atoms with Gasteiger partial charge in [-0.1, -0.05) is 50.6 Å². The highest BCUT2D eigenvalue weighted by molar-refractivity contribution is 5.36. The molecule has 0 spiro atoms. The minimum Gasteiger partial charge on any atom is -0.310 e. The third-order valence-corrected chi connectivity index (χ3v) is 4.71. The zero-order valence-electron chi connectivity index (χ0n) is 12.9. The lowest BCUT2D eigenvalue weighted by Gasteiger charge is -2.41. The number of aryl methyl sites for hydroxylation is 1. The molecule has 1 heterocycles. The highest BCUT2D eigenvalue weighted by atomic mass is 16.1. The van der Waals surface area contributed by atoms with Crippen molar-refractivity contribution < 1.29 is 0 Å². The molecule has 0 saturated heterocycles. The first-order valence-corrected chi connectivity index (χ1v) is 7.71. The molecule has 1 aliphatic rings. The second-order valence-corrected chi connectivity index (χ2v) is 6.37. The van der Waals surface area contributed by atoms with Crippen molar-refractivity contribution in [2.24, 2.45) is 0 Å². The van der Waals surface area contributed by atoms with Gasteiger partial charge < -0.3 is 4.98 Å². The Labute approximate surface area is 125 Å². The van der Waals surface area contributed by atoms with Crippen molar-refractivity contribution in [3.05, 3.63) is 63.3 Å². The molecule has 3 nitrogen and oxygen atoms in total. The summed E-state index contributed by atoms with van der Waals surface area (Å²) in [5, 5.41) is 0. The van der Waals surface area contributed by atoms with Gasteiger partial charge in [-0.25, -0.2) is 4.98 Å². The van der Waals surface area contributed by atoms with E-state index in [4.69, 9.17) is 4.98 Å². The lowest BCUT2D eigenvalue weighted by Crippen LogP contribution is -2.39. The van der Waals surface area contributed by atoms with Gasteiger partial charge in [0.1, 0.15) is 5.82 Å². The number of nitrogens with one attached hydrogen (secondary N) is 1. The minimum atomic E-state index is -0.0965. The topological polar surface area (TPSA) is 45.8 Å². The van der Waals surface area contributed by atoms with Crippen LogP contribution in [0.4, 0.5) is 0 Å². The van der Waals surface area contributed by atoms with Gasteiger partial charge in [0.15, 0.2) is 0 Å². The normalized spacial score (nSPS) is 16.8. The van der Waals surface area contributed by atoms with Crippen molar-refractivity contribution >= 4 is 0 Å². The molecule has 2 aromatic rings. The molecule has 1 saturated carbocycles. The SMILES string of the molecule is Cc1nc(C2(c3ccccc3)CCC2)[nH]c(=O)c1C(C)C. The van der Waals surface area contributed by atoms with E-state index in [1.165, 1.54) is 12.0 Å². The standard InChI is InChI=1S/C18H22N2O/c1-12(2)15-13(3)19-17(20-16(15)21)18(10-7-11-18)14-8-5-4-6-9-14/h4-6,8-9,12H,7,10-11H2,1-3H3,(H,19,20,21). The fourth-order valence-electron chi connectivity index (χ4n) is 3.45. The van der Waals surface area contributed by atoms with E-state index in [1.807, 2.05) is 26.8 Å². The molecule has 0 bridgehead atoms. The zero-order valence-corrected chi connectivity index (χ0v) is 12.9. The van der Waals surface area contributed by atoms with Crippen molar-refractivity contribution in [3.63, 3.8) is 0 Å². The van der Waals surface area contributed by atoms with E-state index in [2.05, 4.69) is 29.2 Å². The molecule has 21 heavy (non-hydrogen) atoms. The molecule has 110 valence electrons. The number of nitrogens with zero attached hydrogens (tertiary/aromatic N) is 1. The van der Waals surface area contributed by atoms with Crippen LogP contribution in [0.25, 0.3) is 0 Å². The van der Waals surface area contributed by atoms with Gasteiger partial charge >= 0.3 is 0 Å². The Morgan fingerprint density at radius 1 is 1.19 bits per heavy atom. The van der Waals surface area contributed by atoms with Crippen molar-refractivity contribution in [1.29, 1.82) is 0 Å². The maximum atomic E-state index is 12.4. The van der Waals surface area contributed by atoms with Gasteiger partial charge in [-0.05, 0) is 31.2 Å². The van der Waals surface area contributed by atoms with E-state index >= 15 is 0 Å². The van der Waals surface area contributed by atoms with Gasteiger partial charge in [0, 0.05) is 11.3 Å². The van der Waals surface area contributed by atoms with Crippen LogP contribution in [-0.4, -0.2) is 9.97 Å². The van der Waals surface area contributed by atoms with E-state index < -0.39 is 0 Å². The van der Waals surface area contributed by atoms with Crippen LogP contribution in [-0.2, 0) is 5.41 Å². The molecule has 1 aromatic carbocycles. The van der Waals surface area contributed by atoms with Crippen LogP contribution in [0.2, 0.25) is 0 Å². The van der Waals surface area contributed by atoms with E-state index in [-0.39, 0.29) is 16.9 Å². The summed E-state index contributed by atoms with van der Waals surface area (Å²) in [7, 11) is 0. The maximum absolute atomic E-state index is 12.4. The summed E-state index contributed by atoms with van der Waals surface area (Å²) in [5.74, 6) is 1.04. The molecular formula is C18H22N2O. The number of aromatic amines is 1. The van der Waals surface area contributed by atoms with E-state index in [0.717, 1.165) is 29.9 Å². The Morgan fingerprint density at radius 3 is 2.33 bits per heavy atom. The summed E-state index contributed by atoms with van der Waals surface area (Å²) in [6.45, 7) is 6.02. The minimum absolute atomic E-state index is 0.0229. The number of benzene rings is 1.